The molecule has 1 aromatic rings. The van der Waals surface area contributed by atoms with Crippen LogP contribution in [0.2, 0.25) is 0 Å². The van der Waals surface area contributed by atoms with Gasteiger partial charge in [-0.25, -0.2) is 0 Å². The minimum atomic E-state index is -0.123. The Morgan fingerprint density at radius 2 is 2.32 bits per heavy atom. The molecule has 1 heterocycles. The number of carbonyl (C=O) groups excluding carboxylic acids is 1. The number of aryl methyl sites for hydroxylation is 1. The van der Waals surface area contributed by atoms with E-state index in [1.165, 1.54) is 0 Å². The number of oxime groups is 1. The molecule has 0 fully saturated rings. The van der Waals surface area contributed by atoms with E-state index in [1.807, 2.05) is 6.92 Å². The molecule has 7 nitrogen and oxygen atoms in total. The van der Waals surface area contributed by atoms with Crippen molar-refractivity contribution >= 4 is 23.3 Å². The Kier molecular flexibility index (Phi) is 6.80. The first-order chi connectivity index (χ1) is 9.19. The van der Waals surface area contributed by atoms with E-state index in [9.17, 15) is 4.79 Å². The molecule has 0 bridgehead atoms. The van der Waals surface area contributed by atoms with Crippen molar-refractivity contribution < 1.29 is 10.0 Å². The van der Waals surface area contributed by atoms with E-state index in [-0.39, 0.29) is 11.7 Å². The predicted octanol–water partition coefficient (Wildman–Crippen LogP) is 1.14. The van der Waals surface area contributed by atoms with Gasteiger partial charge in [-0.15, -0.1) is 5.10 Å². The number of hydrogen-bond acceptors (Lipinski definition) is 6. The molecule has 4 N–H and O–H groups in total. The monoisotopic (exact) mass is 285 g/mol. The summed E-state index contributed by atoms with van der Waals surface area (Å²) >= 11 is 1.12. The number of unbranched alkanes of at least 4 members (excludes halogenated alkanes) is 1. The van der Waals surface area contributed by atoms with Crippen molar-refractivity contribution in [1.29, 1.82) is 0 Å². The molecule has 0 saturated carbocycles. The summed E-state index contributed by atoms with van der Waals surface area (Å²) in [7, 11) is 0. The number of rotatable bonds is 8. The van der Waals surface area contributed by atoms with Crippen LogP contribution in [0.3, 0.4) is 0 Å². The van der Waals surface area contributed by atoms with Crippen LogP contribution in [0.4, 0.5) is 0 Å². The molecule has 0 unspecified atom stereocenters. The van der Waals surface area contributed by atoms with E-state index in [2.05, 4.69) is 20.1 Å². The number of amides is 1. The molecule has 0 radical (unpaired) electrons. The Labute approximate surface area is 116 Å². The fourth-order valence-electron chi connectivity index (χ4n) is 1.54. The Balaban J connectivity index is 2.29. The highest BCUT2D eigenvalue weighted by molar-refractivity contribution is 7.08. The number of nitrogens with two attached hydrogens (primary N) is 1. The van der Waals surface area contributed by atoms with Gasteiger partial charge in [-0.05, 0) is 30.8 Å². The van der Waals surface area contributed by atoms with Crippen molar-refractivity contribution in [1.82, 2.24) is 14.9 Å². The van der Waals surface area contributed by atoms with Crippen molar-refractivity contribution in [3.8, 4) is 0 Å². The molecule has 1 amide bonds. The SMILES string of the molecule is CCCc1nnsc1C(=O)NCCCCC(N)=NO. The molecular formula is C11H19N5O2S. The van der Waals surface area contributed by atoms with Gasteiger partial charge in [-0.1, -0.05) is 23.0 Å². The van der Waals surface area contributed by atoms with Crippen LogP contribution in [0.1, 0.15) is 48.0 Å². The summed E-state index contributed by atoms with van der Waals surface area (Å²) < 4.78 is 3.81. The summed E-state index contributed by atoms with van der Waals surface area (Å²) in [6, 6.07) is 0. The van der Waals surface area contributed by atoms with Gasteiger partial charge in [-0.2, -0.15) is 0 Å². The molecule has 0 aliphatic rings. The van der Waals surface area contributed by atoms with E-state index in [0.29, 0.717) is 17.8 Å². The van der Waals surface area contributed by atoms with E-state index in [1.54, 1.807) is 0 Å². The predicted molar refractivity (Wildman–Crippen MR) is 73.5 cm³/mol. The van der Waals surface area contributed by atoms with Crippen LogP contribution in [0, 0.1) is 0 Å². The summed E-state index contributed by atoms with van der Waals surface area (Å²) in [5.41, 5.74) is 6.11. The van der Waals surface area contributed by atoms with Gasteiger partial charge >= 0.3 is 0 Å². The smallest absolute Gasteiger partial charge is 0.264 e. The standard InChI is InChI=1S/C11H19N5O2S/c1-2-5-8-10(19-16-14-8)11(17)13-7-4-3-6-9(12)15-18/h18H,2-7H2,1H3,(H2,12,15)(H,13,17). The largest absolute Gasteiger partial charge is 0.409 e. The van der Waals surface area contributed by atoms with Gasteiger partial charge in [0.15, 0.2) is 0 Å². The van der Waals surface area contributed by atoms with Crippen LogP contribution in [0.15, 0.2) is 5.16 Å². The lowest BCUT2D eigenvalue weighted by atomic mass is 10.2. The van der Waals surface area contributed by atoms with Gasteiger partial charge in [0, 0.05) is 13.0 Å². The number of amidine groups is 1. The molecule has 0 aliphatic heterocycles. The van der Waals surface area contributed by atoms with Crippen molar-refractivity contribution in [3.05, 3.63) is 10.6 Å². The first kappa shape index (κ1) is 15.4. The number of carbonyl (C=O) groups is 1. The Morgan fingerprint density at radius 3 is 3.00 bits per heavy atom. The summed E-state index contributed by atoms with van der Waals surface area (Å²) in [6.07, 6.45) is 3.76. The lowest BCUT2D eigenvalue weighted by molar-refractivity contribution is 0.0956. The first-order valence-electron chi connectivity index (χ1n) is 6.24. The number of nitrogens with one attached hydrogen (secondary N) is 1. The van der Waals surface area contributed by atoms with Crippen LogP contribution in [0.25, 0.3) is 0 Å². The fourth-order valence-corrected chi connectivity index (χ4v) is 2.17. The van der Waals surface area contributed by atoms with E-state index < -0.39 is 0 Å². The molecule has 1 aromatic heterocycles. The average molecular weight is 285 g/mol. The molecule has 0 aromatic carbocycles. The zero-order chi connectivity index (χ0) is 14.1. The average Bonchev–Trinajstić information content (AvgIpc) is 2.86. The third-order valence-corrected chi connectivity index (χ3v) is 3.29. The molecule has 106 valence electrons. The molecule has 0 aliphatic carbocycles. The van der Waals surface area contributed by atoms with Crippen molar-refractivity contribution in [2.45, 2.75) is 39.0 Å². The number of hydrogen-bond donors (Lipinski definition) is 3. The third kappa shape index (κ3) is 5.21. The van der Waals surface area contributed by atoms with Crippen LogP contribution < -0.4 is 11.1 Å². The van der Waals surface area contributed by atoms with Gasteiger partial charge in [0.1, 0.15) is 10.7 Å². The summed E-state index contributed by atoms with van der Waals surface area (Å²) in [5, 5.41) is 18.0. The van der Waals surface area contributed by atoms with Crippen LogP contribution in [-0.4, -0.2) is 33.1 Å². The van der Waals surface area contributed by atoms with Crippen molar-refractivity contribution in [2.75, 3.05) is 6.54 Å². The molecule has 0 saturated heterocycles. The highest BCUT2D eigenvalue weighted by Crippen LogP contribution is 2.12. The second-order valence-corrected chi connectivity index (χ2v) is 4.86. The van der Waals surface area contributed by atoms with Gasteiger partial charge in [0.05, 0.1) is 5.69 Å². The molecule has 19 heavy (non-hydrogen) atoms. The molecule has 1 rings (SSSR count). The maximum atomic E-state index is 11.9. The van der Waals surface area contributed by atoms with E-state index >= 15 is 0 Å². The highest BCUT2D eigenvalue weighted by atomic mass is 32.1. The zero-order valence-electron chi connectivity index (χ0n) is 10.9. The van der Waals surface area contributed by atoms with Crippen molar-refractivity contribution in [2.24, 2.45) is 10.9 Å². The highest BCUT2D eigenvalue weighted by Gasteiger charge is 2.14. The number of aromatic nitrogens is 2. The molecule has 0 atom stereocenters. The Bertz CT molecular complexity index is 432. The molecule has 8 heteroatoms. The minimum Gasteiger partial charge on any atom is -0.409 e. The Morgan fingerprint density at radius 1 is 1.53 bits per heavy atom. The molecular weight excluding hydrogens is 266 g/mol. The van der Waals surface area contributed by atoms with Crippen LogP contribution in [0.5, 0.6) is 0 Å². The maximum Gasteiger partial charge on any atom is 0.264 e. The lowest BCUT2D eigenvalue weighted by Crippen LogP contribution is -2.25. The first-order valence-corrected chi connectivity index (χ1v) is 7.02. The van der Waals surface area contributed by atoms with Crippen LogP contribution >= 0.6 is 11.5 Å². The fraction of sp³-hybridized carbons (Fsp3) is 0.636. The summed E-state index contributed by atoms with van der Waals surface area (Å²) in [5.74, 6) is 0.0884. The van der Waals surface area contributed by atoms with E-state index in [0.717, 1.165) is 42.9 Å². The lowest BCUT2D eigenvalue weighted by Gasteiger charge is -2.04. The summed E-state index contributed by atoms with van der Waals surface area (Å²) in [6.45, 7) is 2.59. The zero-order valence-corrected chi connectivity index (χ0v) is 11.7. The number of nitrogens with zero attached hydrogens (tertiary/aromatic N) is 3. The minimum absolute atomic E-state index is 0.123. The third-order valence-electron chi connectivity index (χ3n) is 2.52. The van der Waals surface area contributed by atoms with Crippen molar-refractivity contribution in [3.63, 3.8) is 0 Å². The molecule has 0 spiro atoms. The van der Waals surface area contributed by atoms with Gasteiger partial charge in [-0.3, -0.25) is 4.79 Å². The second kappa shape index (κ2) is 8.41. The van der Waals surface area contributed by atoms with E-state index in [4.69, 9.17) is 10.9 Å². The summed E-state index contributed by atoms with van der Waals surface area (Å²) in [4.78, 5) is 12.5. The normalized spacial score (nSPS) is 11.5. The van der Waals surface area contributed by atoms with Gasteiger partial charge in [0.25, 0.3) is 5.91 Å². The second-order valence-electron chi connectivity index (χ2n) is 4.10. The topological polar surface area (TPSA) is 113 Å². The van der Waals surface area contributed by atoms with Gasteiger partial charge < -0.3 is 16.3 Å². The van der Waals surface area contributed by atoms with Crippen LogP contribution in [-0.2, 0) is 6.42 Å². The Hall–Kier alpha value is -1.70. The van der Waals surface area contributed by atoms with Gasteiger partial charge in [0.2, 0.25) is 0 Å². The quantitative estimate of drug-likeness (QED) is 0.218. The maximum absolute atomic E-state index is 11.9.